The quantitative estimate of drug-likeness (QED) is 0.768. The number of hydrogen-bond acceptors (Lipinski definition) is 4. The first-order valence-corrected chi connectivity index (χ1v) is 10.3. The predicted octanol–water partition coefficient (Wildman–Crippen LogP) is 3.99. The van der Waals surface area contributed by atoms with Crippen LogP contribution in [0, 0.1) is 13.8 Å². The lowest BCUT2D eigenvalue weighted by atomic mass is 10.1. The average molecular weight is 420 g/mol. The fraction of sp³-hybridized carbons (Fsp3) is 0.333. The molecule has 0 aliphatic carbocycles. The van der Waals surface area contributed by atoms with Crippen LogP contribution in [0.5, 0.6) is 5.75 Å². The molecular weight excluding hydrogens is 398 g/mol. The lowest BCUT2D eigenvalue weighted by Crippen LogP contribution is -2.45. The standard InChI is InChI=1S/C21H22F2N2O3S/c1-13-3-6-16(9-14(13)2)24-20(27)18-11-29-12-25(18)19(26)10-15-4-7-17(8-5-15)28-21(22)23/h3-9,18,21H,10-12H2,1-2H3,(H,24,27). The Hall–Kier alpha value is -2.61. The van der Waals surface area contributed by atoms with Gasteiger partial charge < -0.3 is 15.0 Å². The topological polar surface area (TPSA) is 58.6 Å². The molecule has 1 saturated heterocycles. The second-order valence-corrected chi connectivity index (χ2v) is 7.87. The number of ether oxygens (including phenoxy) is 1. The van der Waals surface area contributed by atoms with Crippen molar-refractivity contribution in [1.82, 2.24) is 4.90 Å². The van der Waals surface area contributed by atoms with Gasteiger partial charge in [0.2, 0.25) is 11.8 Å². The van der Waals surface area contributed by atoms with Gasteiger partial charge in [0, 0.05) is 11.4 Å². The van der Waals surface area contributed by atoms with E-state index in [4.69, 9.17) is 0 Å². The fourth-order valence-corrected chi connectivity index (χ4v) is 4.20. The van der Waals surface area contributed by atoms with Crippen LogP contribution >= 0.6 is 11.8 Å². The molecule has 2 aromatic rings. The van der Waals surface area contributed by atoms with E-state index in [1.807, 2.05) is 32.0 Å². The van der Waals surface area contributed by atoms with Gasteiger partial charge in [0.25, 0.3) is 0 Å². The Bertz CT molecular complexity index is 890. The van der Waals surface area contributed by atoms with Gasteiger partial charge in [-0.05, 0) is 54.8 Å². The highest BCUT2D eigenvalue weighted by Crippen LogP contribution is 2.24. The Morgan fingerprint density at radius 1 is 1.17 bits per heavy atom. The third-order valence-electron chi connectivity index (χ3n) is 4.78. The van der Waals surface area contributed by atoms with Crippen LogP contribution in [0.1, 0.15) is 16.7 Å². The van der Waals surface area contributed by atoms with E-state index in [1.54, 1.807) is 17.0 Å². The third kappa shape index (κ3) is 5.47. The molecule has 1 unspecified atom stereocenters. The highest BCUT2D eigenvalue weighted by Gasteiger charge is 2.34. The summed E-state index contributed by atoms with van der Waals surface area (Å²) in [4.78, 5) is 27.0. The van der Waals surface area contributed by atoms with Crippen LogP contribution in [0.15, 0.2) is 42.5 Å². The molecule has 1 aliphatic rings. The number of anilines is 1. The summed E-state index contributed by atoms with van der Waals surface area (Å²) in [6.45, 7) is 1.09. The Kier molecular flexibility index (Phi) is 6.74. The second kappa shape index (κ2) is 9.26. The largest absolute Gasteiger partial charge is 0.435 e. The Morgan fingerprint density at radius 2 is 1.90 bits per heavy atom. The number of rotatable bonds is 6. The molecule has 0 radical (unpaired) electrons. The number of aryl methyl sites for hydroxylation is 2. The summed E-state index contributed by atoms with van der Waals surface area (Å²) in [6, 6.07) is 11.1. The van der Waals surface area contributed by atoms with Crippen molar-refractivity contribution in [3.63, 3.8) is 0 Å². The zero-order valence-corrected chi connectivity index (χ0v) is 17.0. The van der Waals surface area contributed by atoms with Crippen LogP contribution in [0.4, 0.5) is 14.5 Å². The summed E-state index contributed by atoms with van der Waals surface area (Å²) >= 11 is 1.52. The molecule has 1 heterocycles. The molecular formula is C21H22F2N2O3S. The number of nitrogens with one attached hydrogen (secondary N) is 1. The van der Waals surface area contributed by atoms with Gasteiger partial charge in [-0.2, -0.15) is 8.78 Å². The minimum absolute atomic E-state index is 0.0403. The number of carbonyl (C=O) groups is 2. The van der Waals surface area contributed by atoms with Gasteiger partial charge in [-0.1, -0.05) is 18.2 Å². The molecule has 1 aliphatic heterocycles. The second-order valence-electron chi connectivity index (χ2n) is 6.87. The van der Waals surface area contributed by atoms with E-state index in [9.17, 15) is 18.4 Å². The van der Waals surface area contributed by atoms with E-state index >= 15 is 0 Å². The highest BCUT2D eigenvalue weighted by molar-refractivity contribution is 7.99. The Labute approximate surface area is 172 Å². The Balaban J connectivity index is 1.62. The first kappa shape index (κ1) is 21.1. The molecule has 2 amide bonds. The van der Waals surface area contributed by atoms with E-state index in [-0.39, 0.29) is 24.0 Å². The van der Waals surface area contributed by atoms with Crippen molar-refractivity contribution in [2.24, 2.45) is 0 Å². The Morgan fingerprint density at radius 3 is 2.55 bits per heavy atom. The van der Waals surface area contributed by atoms with Gasteiger partial charge >= 0.3 is 6.61 Å². The minimum Gasteiger partial charge on any atom is -0.435 e. The molecule has 3 rings (SSSR count). The third-order valence-corrected chi connectivity index (χ3v) is 5.80. The molecule has 0 spiro atoms. The molecule has 1 fully saturated rings. The average Bonchev–Trinajstić information content (AvgIpc) is 3.16. The number of nitrogens with zero attached hydrogens (tertiary/aromatic N) is 1. The summed E-state index contributed by atoms with van der Waals surface area (Å²) in [6.07, 6.45) is 0.0862. The molecule has 29 heavy (non-hydrogen) atoms. The van der Waals surface area contributed by atoms with Crippen molar-refractivity contribution in [3.8, 4) is 5.75 Å². The number of halogens is 2. The van der Waals surface area contributed by atoms with E-state index in [2.05, 4.69) is 10.1 Å². The first-order valence-electron chi connectivity index (χ1n) is 9.12. The van der Waals surface area contributed by atoms with Gasteiger partial charge in [0.1, 0.15) is 11.8 Å². The smallest absolute Gasteiger partial charge is 0.387 e. The molecule has 0 saturated carbocycles. The normalized spacial score (nSPS) is 16.2. The zero-order valence-electron chi connectivity index (χ0n) is 16.2. The molecule has 0 aromatic heterocycles. The van der Waals surface area contributed by atoms with Crippen molar-refractivity contribution in [2.45, 2.75) is 32.9 Å². The van der Waals surface area contributed by atoms with Crippen LogP contribution in [-0.4, -0.2) is 41.0 Å². The number of thioether (sulfide) groups is 1. The van der Waals surface area contributed by atoms with Gasteiger partial charge in [-0.25, -0.2) is 0 Å². The van der Waals surface area contributed by atoms with E-state index in [0.29, 0.717) is 22.9 Å². The number of hydrogen-bond donors (Lipinski definition) is 1. The van der Waals surface area contributed by atoms with Crippen LogP contribution in [0.25, 0.3) is 0 Å². The monoisotopic (exact) mass is 420 g/mol. The lowest BCUT2D eigenvalue weighted by Gasteiger charge is -2.23. The van der Waals surface area contributed by atoms with Crippen molar-refractivity contribution in [3.05, 3.63) is 59.2 Å². The maximum Gasteiger partial charge on any atom is 0.387 e. The van der Waals surface area contributed by atoms with E-state index < -0.39 is 12.7 Å². The summed E-state index contributed by atoms with van der Waals surface area (Å²) in [5.74, 6) is 0.614. The van der Waals surface area contributed by atoms with Crippen LogP contribution < -0.4 is 10.1 Å². The van der Waals surface area contributed by atoms with Gasteiger partial charge in [-0.15, -0.1) is 11.8 Å². The highest BCUT2D eigenvalue weighted by atomic mass is 32.2. The minimum atomic E-state index is -2.89. The van der Waals surface area contributed by atoms with Crippen LogP contribution in [0.2, 0.25) is 0 Å². The molecule has 0 bridgehead atoms. The lowest BCUT2D eigenvalue weighted by molar-refractivity contribution is -0.135. The van der Waals surface area contributed by atoms with Crippen molar-refractivity contribution in [2.75, 3.05) is 16.9 Å². The van der Waals surface area contributed by atoms with E-state index in [1.165, 1.54) is 23.9 Å². The molecule has 5 nitrogen and oxygen atoms in total. The number of amides is 2. The fourth-order valence-electron chi connectivity index (χ4n) is 3.02. The van der Waals surface area contributed by atoms with Gasteiger partial charge in [-0.3, -0.25) is 9.59 Å². The number of carbonyl (C=O) groups excluding carboxylic acids is 2. The summed E-state index contributed by atoms with van der Waals surface area (Å²) in [5.41, 5.74) is 3.59. The zero-order chi connectivity index (χ0) is 21.0. The first-order chi connectivity index (χ1) is 13.8. The summed E-state index contributed by atoms with van der Waals surface area (Å²) in [7, 11) is 0. The predicted molar refractivity (Wildman–Crippen MR) is 109 cm³/mol. The van der Waals surface area contributed by atoms with E-state index in [0.717, 1.165) is 11.1 Å². The van der Waals surface area contributed by atoms with Crippen molar-refractivity contribution >= 4 is 29.3 Å². The van der Waals surface area contributed by atoms with Gasteiger partial charge in [0.15, 0.2) is 0 Å². The SMILES string of the molecule is Cc1ccc(NC(=O)C2CSCN2C(=O)Cc2ccc(OC(F)F)cc2)cc1C. The van der Waals surface area contributed by atoms with Crippen LogP contribution in [0.3, 0.4) is 0 Å². The van der Waals surface area contributed by atoms with Crippen LogP contribution in [-0.2, 0) is 16.0 Å². The van der Waals surface area contributed by atoms with Crippen molar-refractivity contribution in [1.29, 1.82) is 0 Å². The molecule has 2 aromatic carbocycles. The molecule has 154 valence electrons. The van der Waals surface area contributed by atoms with Crippen molar-refractivity contribution < 1.29 is 23.1 Å². The maximum absolute atomic E-state index is 12.7. The molecule has 1 atom stereocenters. The molecule has 8 heteroatoms. The summed E-state index contributed by atoms with van der Waals surface area (Å²) in [5, 5.41) is 2.89. The number of alkyl halides is 2. The van der Waals surface area contributed by atoms with Gasteiger partial charge in [0.05, 0.1) is 12.3 Å². The number of benzene rings is 2. The summed E-state index contributed by atoms with van der Waals surface area (Å²) < 4.78 is 28.8. The maximum atomic E-state index is 12.7. The molecule has 1 N–H and O–H groups in total.